The maximum absolute atomic E-state index is 12.9. The van der Waals surface area contributed by atoms with E-state index in [1.54, 1.807) is 0 Å². The van der Waals surface area contributed by atoms with E-state index in [1.165, 1.54) is 225 Å². The third-order valence-corrected chi connectivity index (χ3v) is 14.1. The van der Waals surface area contributed by atoms with Crippen LogP contribution < -0.4 is 0 Å². The van der Waals surface area contributed by atoms with Gasteiger partial charge in [-0.1, -0.05) is 298 Å². The summed E-state index contributed by atoms with van der Waals surface area (Å²) >= 11 is 0. The van der Waals surface area contributed by atoms with E-state index in [0.717, 1.165) is 69.6 Å². The quantitative estimate of drug-likeness (QED) is 0.0343. The molecule has 66 heavy (non-hydrogen) atoms. The van der Waals surface area contributed by atoms with Gasteiger partial charge in [-0.3, -0.25) is 14.4 Å². The predicted molar refractivity (Wildman–Crippen MR) is 284 cm³/mol. The molecular formula is C60H116O6. The minimum absolute atomic E-state index is 0.0626. The van der Waals surface area contributed by atoms with Crippen molar-refractivity contribution in [2.75, 3.05) is 13.2 Å². The zero-order valence-corrected chi connectivity index (χ0v) is 45.3. The fraction of sp³-hybridized carbons (Fsp3) is 0.950. The zero-order chi connectivity index (χ0) is 48.2. The SMILES string of the molecule is CCCCCCCCCCCCCC(=O)OC[C@@H](COC(=O)CCCCCCCCCCCCCCC(C)C)OC(=O)CCCCCCCCCCCCCCCCCCCCC(C)CC. The number of rotatable bonds is 54. The van der Waals surface area contributed by atoms with Gasteiger partial charge in [0.2, 0.25) is 0 Å². The Labute approximate surface area is 412 Å². The second kappa shape index (κ2) is 52.8. The smallest absolute Gasteiger partial charge is 0.306 e. The average molecular weight is 934 g/mol. The molecule has 0 aromatic heterocycles. The second-order valence-corrected chi connectivity index (χ2v) is 21.4. The van der Waals surface area contributed by atoms with Gasteiger partial charge >= 0.3 is 17.9 Å². The molecule has 0 fully saturated rings. The fourth-order valence-electron chi connectivity index (χ4n) is 9.20. The minimum atomic E-state index is -0.762. The van der Waals surface area contributed by atoms with Gasteiger partial charge in [0.1, 0.15) is 13.2 Å². The Kier molecular flexibility index (Phi) is 51.5. The normalized spacial score (nSPS) is 12.5. The lowest BCUT2D eigenvalue weighted by Gasteiger charge is -2.18. The van der Waals surface area contributed by atoms with Crippen LogP contribution in [0.2, 0.25) is 0 Å². The summed E-state index contributed by atoms with van der Waals surface area (Å²) in [5.74, 6) is 0.904. The summed E-state index contributed by atoms with van der Waals surface area (Å²) in [6.45, 7) is 11.5. The van der Waals surface area contributed by atoms with Gasteiger partial charge in [-0.25, -0.2) is 0 Å². The van der Waals surface area contributed by atoms with Gasteiger partial charge in [0.05, 0.1) is 0 Å². The van der Waals surface area contributed by atoms with Gasteiger partial charge in [0.15, 0.2) is 6.10 Å². The third kappa shape index (κ3) is 51.8. The Morgan fingerprint density at radius 2 is 0.576 bits per heavy atom. The van der Waals surface area contributed by atoms with Crippen LogP contribution in [0, 0.1) is 11.8 Å². The second-order valence-electron chi connectivity index (χ2n) is 21.4. The molecule has 0 aliphatic carbocycles. The van der Waals surface area contributed by atoms with Gasteiger partial charge < -0.3 is 14.2 Å². The summed E-state index contributed by atoms with van der Waals surface area (Å²) in [4.78, 5) is 38.1. The van der Waals surface area contributed by atoms with Crippen LogP contribution in [0.15, 0.2) is 0 Å². The molecule has 0 aliphatic rings. The summed E-state index contributed by atoms with van der Waals surface area (Å²) in [5, 5.41) is 0. The number of unbranched alkanes of at least 4 members (excludes halogenated alkanes) is 38. The van der Waals surface area contributed by atoms with Crippen LogP contribution in [-0.2, 0) is 28.6 Å². The Bertz CT molecular complexity index is 1010. The van der Waals surface area contributed by atoms with Crippen LogP contribution in [0.3, 0.4) is 0 Å². The number of carbonyl (C=O) groups is 3. The third-order valence-electron chi connectivity index (χ3n) is 14.1. The molecule has 0 saturated heterocycles. The standard InChI is InChI=1S/C60H116O6/c1-6-8-9-10-11-12-23-30-35-40-45-50-58(61)64-53-57(54-65-59(62)51-46-41-36-31-26-22-21-24-28-33-38-43-48-55(3)4)66-60(63)52-47-42-37-32-27-20-18-16-14-13-15-17-19-25-29-34-39-44-49-56(5)7-2/h55-57H,6-54H2,1-5H3/t56?,57-/m0/s1. The van der Waals surface area contributed by atoms with Crippen molar-refractivity contribution in [3.63, 3.8) is 0 Å². The van der Waals surface area contributed by atoms with Crippen molar-refractivity contribution < 1.29 is 28.6 Å². The predicted octanol–water partition coefficient (Wildman–Crippen LogP) is 19.7. The van der Waals surface area contributed by atoms with Crippen LogP contribution in [0.25, 0.3) is 0 Å². The number of carbonyl (C=O) groups excluding carboxylic acids is 3. The Morgan fingerprint density at radius 1 is 0.318 bits per heavy atom. The van der Waals surface area contributed by atoms with E-state index in [4.69, 9.17) is 14.2 Å². The van der Waals surface area contributed by atoms with E-state index in [1.807, 2.05) is 0 Å². The number of esters is 3. The molecule has 1 unspecified atom stereocenters. The van der Waals surface area contributed by atoms with Gasteiger partial charge in [-0.15, -0.1) is 0 Å². The summed E-state index contributed by atoms with van der Waals surface area (Å²) < 4.78 is 16.9. The molecule has 6 heteroatoms. The lowest BCUT2D eigenvalue weighted by Crippen LogP contribution is -2.30. The lowest BCUT2D eigenvalue weighted by molar-refractivity contribution is -0.167. The molecule has 0 bridgehead atoms. The first-order chi connectivity index (χ1) is 32.3. The molecule has 0 aromatic rings. The van der Waals surface area contributed by atoms with E-state index in [0.29, 0.717) is 19.3 Å². The molecule has 6 nitrogen and oxygen atoms in total. The summed E-state index contributed by atoms with van der Waals surface area (Å²) in [5.41, 5.74) is 0. The first-order valence-electron chi connectivity index (χ1n) is 29.8. The highest BCUT2D eigenvalue weighted by atomic mass is 16.6. The first kappa shape index (κ1) is 64.4. The topological polar surface area (TPSA) is 78.9 Å². The molecule has 0 aliphatic heterocycles. The van der Waals surface area contributed by atoms with Crippen molar-refractivity contribution in [2.45, 2.75) is 343 Å². The molecule has 0 N–H and O–H groups in total. The van der Waals surface area contributed by atoms with E-state index in [2.05, 4.69) is 34.6 Å². The molecule has 0 amide bonds. The van der Waals surface area contributed by atoms with Gasteiger partial charge in [-0.05, 0) is 31.1 Å². The van der Waals surface area contributed by atoms with Crippen LogP contribution >= 0.6 is 0 Å². The molecule has 0 heterocycles. The highest BCUT2D eigenvalue weighted by Gasteiger charge is 2.19. The Hall–Kier alpha value is -1.59. The molecule has 392 valence electrons. The Balaban J connectivity index is 4.23. The fourth-order valence-corrected chi connectivity index (χ4v) is 9.20. The van der Waals surface area contributed by atoms with Crippen LogP contribution in [0.5, 0.6) is 0 Å². The van der Waals surface area contributed by atoms with Gasteiger partial charge in [0.25, 0.3) is 0 Å². The molecule has 0 saturated carbocycles. The molecule has 0 aromatic carbocycles. The van der Waals surface area contributed by atoms with Crippen LogP contribution in [-0.4, -0.2) is 37.2 Å². The van der Waals surface area contributed by atoms with Crippen molar-refractivity contribution in [2.24, 2.45) is 11.8 Å². The number of hydrogen-bond donors (Lipinski definition) is 0. The largest absolute Gasteiger partial charge is 0.462 e. The molecule has 0 rings (SSSR count). The van der Waals surface area contributed by atoms with Crippen molar-refractivity contribution in [3.05, 3.63) is 0 Å². The summed E-state index contributed by atoms with van der Waals surface area (Å²) in [6, 6.07) is 0. The van der Waals surface area contributed by atoms with Crippen molar-refractivity contribution in [1.82, 2.24) is 0 Å². The zero-order valence-electron chi connectivity index (χ0n) is 45.3. The van der Waals surface area contributed by atoms with Crippen LogP contribution in [0.4, 0.5) is 0 Å². The van der Waals surface area contributed by atoms with Crippen molar-refractivity contribution in [3.8, 4) is 0 Å². The summed E-state index contributed by atoms with van der Waals surface area (Å²) in [7, 11) is 0. The highest BCUT2D eigenvalue weighted by Crippen LogP contribution is 2.19. The monoisotopic (exact) mass is 933 g/mol. The maximum Gasteiger partial charge on any atom is 0.306 e. The van der Waals surface area contributed by atoms with E-state index in [9.17, 15) is 14.4 Å². The van der Waals surface area contributed by atoms with E-state index in [-0.39, 0.29) is 31.1 Å². The average Bonchev–Trinajstić information content (AvgIpc) is 3.30. The number of ether oxygens (including phenoxy) is 3. The minimum Gasteiger partial charge on any atom is -0.462 e. The van der Waals surface area contributed by atoms with E-state index < -0.39 is 6.10 Å². The Morgan fingerprint density at radius 3 is 0.864 bits per heavy atom. The number of hydrogen-bond acceptors (Lipinski definition) is 6. The van der Waals surface area contributed by atoms with Gasteiger partial charge in [-0.2, -0.15) is 0 Å². The van der Waals surface area contributed by atoms with Crippen LogP contribution in [0.1, 0.15) is 336 Å². The van der Waals surface area contributed by atoms with Crippen molar-refractivity contribution in [1.29, 1.82) is 0 Å². The summed E-state index contributed by atoms with van der Waals surface area (Å²) in [6.07, 6.45) is 56.6. The van der Waals surface area contributed by atoms with E-state index >= 15 is 0 Å². The van der Waals surface area contributed by atoms with Crippen molar-refractivity contribution >= 4 is 17.9 Å². The molecular weight excluding hydrogens is 817 g/mol. The first-order valence-corrected chi connectivity index (χ1v) is 29.8. The van der Waals surface area contributed by atoms with Gasteiger partial charge in [0, 0.05) is 19.3 Å². The lowest BCUT2D eigenvalue weighted by atomic mass is 9.99. The molecule has 2 atom stereocenters. The molecule has 0 spiro atoms. The maximum atomic E-state index is 12.9. The highest BCUT2D eigenvalue weighted by molar-refractivity contribution is 5.71. The molecule has 0 radical (unpaired) electrons.